The minimum atomic E-state index is 0.383. The molecule has 0 spiro atoms. The van der Waals surface area contributed by atoms with Gasteiger partial charge in [0.25, 0.3) is 0 Å². The highest BCUT2D eigenvalue weighted by molar-refractivity contribution is 8.00. The van der Waals surface area contributed by atoms with E-state index in [0.717, 1.165) is 13.1 Å². The van der Waals surface area contributed by atoms with Crippen LogP contribution in [0, 0.1) is 0 Å². The average molecular weight is 264 g/mol. The lowest BCUT2D eigenvalue weighted by atomic mass is 9.98. The van der Waals surface area contributed by atoms with E-state index < -0.39 is 0 Å². The summed E-state index contributed by atoms with van der Waals surface area (Å²) < 4.78 is 0.383. The van der Waals surface area contributed by atoms with Crippen molar-refractivity contribution >= 4 is 11.8 Å². The first-order valence-electron chi connectivity index (χ1n) is 6.72. The van der Waals surface area contributed by atoms with Gasteiger partial charge in [-0.3, -0.25) is 0 Å². The number of nitrogens with two attached hydrogens (primary N) is 1. The van der Waals surface area contributed by atoms with Crippen LogP contribution in [0.3, 0.4) is 0 Å². The van der Waals surface area contributed by atoms with E-state index >= 15 is 0 Å². The van der Waals surface area contributed by atoms with Crippen molar-refractivity contribution in [2.75, 3.05) is 31.9 Å². The second kappa shape index (κ2) is 6.09. The Morgan fingerprint density at radius 2 is 2.06 bits per heavy atom. The maximum atomic E-state index is 5.96. The number of benzene rings is 1. The molecule has 0 saturated carbocycles. The normalized spacial score (nSPS) is 21.7. The second-order valence-corrected chi connectivity index (χ2v) is 7.49. The largest absolute Gasteiger partial charge is 0.330 e. The van der Waals surface area contributed by atoms with E-state index in [0.29, 0.717) is 10.7 Å². The summed E-state index contributed by atoms with van der Waals surface area (Å²) in [5, 5.41) is 0. The molecule has 0 radical (unpaired) electrons. The van der Waals surface area contributed by atoms with Crippen LogP contribution in [-0.4, -0.2) is 41.6 Å². The van der Waals surface area contributed by atoms with Gasteiger partial charge in [0.2, 0.25) is 0 Å². The minimum Gasteiger partial charge on any atom is -0.330 e. The molecule has 0 amide bonds. The van der Waals surface area contributed by atoms with E-state index in [2.05, 4.69) is 60.8 Å². The number of rotatable bonds is 4. The zero-order valence-corrected chi connectivity index (χ0v) is 12.2. The number of nitrogens with zero attached hydrogens (tertiary/aromatic N) is 1. The topological polar surface area (TPSA) is 29.3 Å². The Morgan fingerprint density at radius 1 is 1.33 bits per heavy atom. The molecule has 1 aromatic rings. The molecular weight excluding hydrogens is 240 g/mol. The minimum absolute atomic E-state index is 0.383. The molecule has 1 fully saturated rings. The molecule has 1 aliphatic rings. The molecule has 3 heteroatoms. The van der Waals surface area contributed by atoms with Gasteiger partial charge in [-0.05, 0) is 19.4 Å². The maximum Gasteiger partial charge on any atom is 0.0231 e. The SMILES string of the molecule is CC1(C)CN(CC(CN)c2ccccc2)CCS1. The summed E-state index contributed by atoms with van der Waals surface area (Å²) in [5.41, 5.74) is 7.33. The number of thioether (sulfide) groups is 1. The van der Waals surface area contributed by atoms with Crippen molar-refractivity contribution < 1.29 is 0 Å². The average Bonchev–Trinajstić information content (AvgIpc) is 2.36. The molecule has 1 unspecified atom stereocenters. The number of hydrogen-bond donors (Lipinski definition) is 1. The second-order valence-electron chi connectivity index (χ2n) is 5.69. The van der Waals surface area contributed by atoms with Crippen LogP contribution >= 0.6 is 11.8 Å². The van der Waals surface area contributed by atoms with Crippen LogP contribution in [0.1, 0.15) is 25.3 Å². The van der Waals surface area contributed by atoms with Gasteiger partial charge in [-0.25, -0.2) is 0 Å². The van der Waals surface area contributed by atoms with Crippen LogP contribution < -0.4 is 5.73 Å². The predicted molar refractivity (Wildman–Crippen MR) is 81.2 cm³/mol. The monoisotopic (exact) mass is 264 g/mol. The maximum absolute atomic E-state index is 5.96. The lowest BCUT2D eigenvalue weighted by Gasteiger charge is -2.39. The highest BCUT2D eigenvalue weighted by Crippen LogP contribution is 2.30. The molecular formula is C15H24N2S. The lowest BCUT2D eigenvalue weighted by Crippen LogP contribution is -2.45. The Morgan fingerprint density at radius 3 is 2.67 bits per heavy atom. The van der Waals surface area contributed by atoms with E-state index in [4.69, 9.17) is 5.73 Å². The molecule has 0 aromatic heterocycles. The quantitative estimate of drug-likeness (QED) is 0.906. The lowest BCUT2D eigenvalue weighted by molar-refractivity contribution is 0.246. The summed E-state index contributed by atoms with van der Waals surface area (Å²) in [6.45, 7) is 8.85. The van der Waals surface area contributed by atoms with Crippen molar-refractivity contribution in [3.63, 3.8) is 0 Å². The van der Waals surface area contributed by atoms with E-state index in [-0.39, 0.29) is 0 Å². The predicted octanol–water partition coefficient (Wildman–Crippen LogP) is 2.56. The Labute approximate surface area is 115 Å². The highest BCUT2D eigenvalue weighted by Gasteiger charge is 2.28. The van der Waals surface area contributed by atoms with Gasteiger partial charge in [0.05, 0.1) is 0 Å². The van der Waals surface area contributed by atoms with Gasteiger partial charge >= 0.3 is 0 Å². The molecule has 2 N–H and O–H groups in total. The molecule has 1 aromatic carbocycles. The van der Waals surface area contributed by atoms with Crippen molar-refractivity contribution in [2.24, 2.45) is 5.73 Å². The summed E-state index contributed by atoms with van der Waals surface area (Å²) in [4.78, 5) is 2.57. The van der Waals surface area contributed by atoms with Crippen LogP contribution in [0.15, 0.2) is 30.3 Å². The standard InChI is InChI=1S/C15H24N2S/c1-15(2)12-17(8-9-18-15)11-14(10-16)13-6-4-3-5-7-13/h3-7,14H,8-12,16H2,1-2H3. The van der Waals surface area contributed by atoms with E-state index in [9.17, 15) is 0 Å². The van der Waals surface area contributed by atoms with Gasteiger partial charge in [-0.1, -0.05) is 30.3 Å². The molecule has 18 heavy (non-hydrogen) atoms. The van der Waals surface area contributed by atoms with E-state index in [1.165, 1.54) is 24.4 Å². The summed E-state index contributed by atoms with van der Waals surface area (Å²) >= 11 is 2.08. The van der Waals surface area contributed by atoms with Gasteiger partial charge in [0.1, 0.15) is 0 Å². The van der Waals surface area contributed by atoms with Crippen LogP contribution in [-0.2, 0) is 0 Å². The van der Waals surface area contributed by atoms with Crippen molar-refractivity contribution in [1.82, 2.24) is 4.90 Å². The molecule has 100 valence electrons. The number of hydrogen-bond acceptors (Lipinski definition) is 3. The summed E-state index contributed by atoms with van der Waals surface area (Å²) in [7, 11) is 0. The van der Waals surface area contributed by atoms with Crippen LogP contribution in [0.4, 0.5) is 0 Å². The molecule has 1 aliphatic heterocycles. The smallest absolute Gasteiger partial charge is 0.0231 e. The third-order valence-electron chi connectivity index (χ3n) is 3.54. The van der Waals surface area contributed by atoms with Crippen LogP contribution in [0.5, 0.6) is 0 Å². The molecule has 2 rings (SSSR count). The molecule has 2 nitrogen and oxygen atoms in total. The molecule has 1 saturated heterocycles. The summed E-state index contributed by atoms with van der Waals surface area (Å²) in [6, 6.07) is 10.7. The third kappa shape index (κ3) is 3.74. The van der Waals surface area contributed by atoms with Gasteiger partial charge < -0.3 is 10.6 Å². The fraction of sp³-hybridized carbons (Fsp3) is 0.600. The first-order valence-corrected chi connectivity index (χ1v) is 7.70. The van der Waals surface area contributed by atoms with Crippen LogP contribution in [0.2, 0.25) is 0 Å². The Kier molecular flexibility index (Phi) is 4.71. The van der Waals surface area contributed by atoms with E-state index in [1.807, 2.05) is 0 Å². The highest BCUT2D eigenvalue weighted by atomic mass is 32.2. The van der Waals surface area contributed by atoms with Crippen molar-refractivity contribution in [3.8, 4) is 0 Å². The Hall–Kier alpha value is -0.510. The zero-order valence-electron chi connectivity index (χ0n) is 11.4. The zero-order chi connectivity index (χ0) is 13.0. The summed E-state index contributed by atoms with van der Waals surface area (Å²) in [5.74, 6) is 1.70. The molecule has 1 atom stereocenters. The fourth-order valence-corrected chi connectivity index (χ4v) is 3.80. The van der Waals surface area contributed by atoms with Crippen LogP contribution in [0.25, 0.3) is 0 Å². The fourth-order valence-electron chi connectivity index (χ4n) is 2.62. The summed E-state index contributed by atoms with van der Waals surface area (Å²) in [6.07, 6.45) is 0. The van der Waals surface area contributed by atoms with Crippen molar-refractivity contribution in [1.29, 1.82) is 0 Å². The first-order chi connectivity index (χ1) is 8.61. The van der Waals surface area contributed by atoms with Crippen molar-refractivity contribution in [3.05, 3.63) is 35.9 Å². The van der Waals surface area contributed by atoms with E-state index in [1.54, 1.807) is 0 Å². The van der Waals surface area contributed by atoms with Gasteiger partial charge in [-0.15, -0.1) is 0 Å². The third-order valence-corrected chi connectivity index (χ3v) is 4.84. The Balaban J connectivity index is 1.98. The van der Waals surface area contributed by atoms with Gasteiger partial charge in [0, 0.05) is 42.6 Å². The van der Waals surface area contributed by atoms with Gasteiger partial charge in [-0.2, -0.15) is 11.8 Å². The van der Waals surface area contributed by atoms with Crippen molar-refractivity contribution in [2.45, 2.75) is 24.5 Å². The molecule has 0 bridgehead atoms. The molecule has 1 heterocycles. The molecule has 0 aliphatic carbocycles. The first kappa shape index (κ1) is 13.9. The Bertz CT molecular complexity index is 364. The van der Waals surface area contributed by atoms with Gasteiger partial charge in [0.15, 0.2) is 0 Å².